The smallest absolute Gasteiger partial charge is 0.311 e. The minimum absolute atomic E-state index is 0.0399. The van der Waals surface area contributed by atoms with Crippen molar-refractivity contribution in [1.29, 1.82) is 0 Å². The first-order valence-electron chi connectivity index (χ1n) is 8.92. The highest BCUT2D eigenvalue weighted by atomic mass is 16.6. The number of non-ortho nitro benzene ring substituents is 1. The van der Waals surface area contributed by atoms with Crippen LogP contribution in [0.3, 0.4) is 0 Å². The van der Waals surface area contributed by atoms with Gasteiger partial charge in [0, 0.05) is 30.8 Å². The average Bonchev–Trinajstić information content (AvgIpc) is 3.10. The van der Waals surface area contributed by atoms with Gasteiger partial charge in [-0.15, -0.1) is 0 Å². The number of carbonyl (C=O) groups excluding carboxylic acids is 3. The zero-order chi connectivity index (χ0) is 21.0. The van der Waals surface area contributed by atoms with E-state index in [-0.39, 0.29) is 24.6 Å². The molecule has 1 aliphatic heterocycles. The molecule has 9 heteroatoms. The number of anilines is 2. The Kier molecular flexibility index (Phi) is 5.87. The van der Waals surface area contributed by atoms with Crippen molar-refractivity contribution < 1.29 is 24.0 Å². The summed E-state index contributed by atoms with van der Waals surface area (Å²) in [5.74, 6) is -2.22. The van der Waals surface area contributed by atoms with Gasteiger partial charge in [0.05, 0.1) is 16.5 Å². The van der Waals surface area contributed by atoms with Crippen LogP contribution in [-0.2, 0) is 19.1 Å². The van der Waals surface area contributed by atoms with Crippen molar-refractivity contribution in [1.82, 2.24) is 0 Å². The zero-order valence-electron chi connectivity index (χ0n) is 15.7. The molecule has 3 rings (SSSR count). The molecule has 0 spiro atoms. The van der Waals surface area contributed by atoms with E-state index in [0.29, 0.717) is 11.4 Å². The average molecular weight is 397 g/mol. The van der Waals surface area contributed by atoms with Gasteiger partial charge in [-0.2, -0.15) is 0 Å². The van der Waals surface area contributed by atoms with E-state index in [1.807, 2.05) is 19.1 Å². The molecule has 0 aromatic heterocycles. The second-order valence-electron chi connectivity index (χ2n) is 6.65. The second kappa shape index (κ2) is 8.51. The molecule has 150 valence electrons. The predicted molar refractivity (Wildman–Crippen MR) is 104 cm³/mol. The lowest BCUT2D eigenvalue weighted by molar-refractivity contribution is -0.384. The number of aryl methyl sites for hydroxylation is 1. The van der Waals surface area contributed by atoms with E-state index >= 15 is 0 Å². The number of amides is 2. The van der Waals surface area contributed by atoms with Crippen LogP contribution >= 0.6 is 0 Å². The Balaban J connectivity index is 1.56. The number of benzene rings is 2. The standard InChI is InChI=1S/C20H19N3O6/c1-13-5-2-3-8-17(13)21-18(24)12-29-20(26)14-9-19(25)22(11-14)15-6-4-7-16(10-15)23(27)28/h2-8,10,14H,9,11-12H2,1H3,(H,21,24)/t14-/m0/s1. The van der Waals surface area contributed by atoms with Crippen molar-refractivity contribution in [3.63, 3.8) is 0 Å². The first kappa shape index (κ1) is 20.0. The summed E-state index contributed by atoms with van der Waals surface area (Å²) in [5, 5.41) is 13.6. The quantitative estimate of drug-likeness (QED) is 0.454. The number of rotatable bonds is 6. The highest BCUT2D eigenvalue weighted by Crippen LogP contribution is 2.28. The Bertz CT molecular complexity index is 974. The van der Waals surface area contributed by atoms with E-state index in [0.717, 1.165) is 5.56 Å². The fourth-order valence-corrected chi connectivity index (χ4v) is 3.04. The Morgan fingerprint density at radius 1 is 1.24 bits per heavy atom. The lowest BCUT2D eigenvalue weighted by atomic mass is 10.1. The van der Waals surface area contributed by atoms with Crippen LogP contribution in [0.15, 0.2) is 48.5 Å². The van der Waals surface area contributed by atoms with Gasteiger partial charge in [-0.05, 0) is 24.6 Å². The van der Waals surface area contributed by atoms with Gasteiger partial charge in [0.25, 0.3) is 11.6 Å². The number of hydrogen-bond donors (Lipinski definition) is 1. The Hall–Kier alpha value is -3.75. The maximum Gasteiger partial charge on any atom is 0.311 e. The number of carbonyl (C=O) groups is 3. The summed E-state index contributed by atoms with van der Waals surface area (Å²) in [6.45, 7) is 1.42. The minimum atomic E-state index is -0.743. The third kappa shape index (κ3) is 4.75. The molecule has 1 atom stereocenters. The molecular formula is C20H19N3O6. The fourth-order valence-electron chi connectivity index (χ4n) is 3.04. The van der Waals surface area contributed by atoms with Crippen LogP contribution < -0.4 is 10.2 Å². The van der Waals surface area contributed by atoms with Gasteiger partial charge in [0.15, 0.2) is 6.61 Å². The van der Waals surface area contributed by atoms with Gasteiger partial charge in [0.1, 0.15) is 0 Å². The molecule has 2 aromatic rings. The number of nitrogens with one attached hydrogen (secondary N) is 1. The highest BCUT2D eigenvalue weighted by molar-refractivity contribution is 6.00. The number of nitrogens with zero attached hydrogens (tertiary/aromatic N) is 2. The van der Waals surface area contributed by atoms with Gasteiger partial charge in [-0.25, -0.2) is 0 Å². The third-order valence-electron chi connectivity index (χ3n) is 4.58. The van der Waals surface area contributed by atoms with E-state index in [4.69, 9.17) is 4.74 Å². The van der Waals surface area contributed by atoms with Crippen LogP contribution in [0, 0.1) is 23.0 Å². The molecule has 9 nitrogen and oxygen atoms in total. The van der Waals surface area contributed by atoms with Gasteiger partial charge >= 0.3 is 5.97 Å². The monoisotopic (exact) mass is 397 g/mol. The lowest BCUT2D eigenvalue weighted by Crippen LogP contribution is -2.28. The maximum absolute atomic E-state index is 12.3. The van der Waals surface area contributed by atoms with Gasteiger partial charge in [-0.1, -0.05) is 24.3 Å². The summed E-state index contributed by atoms with van der Waals surface area (Å²) < 4.78 is 5.06. The number of hydrogen-bond acceptors (Lipinski definition) is 6. The van der Waals surface area contributed by atoms with Gasteiger partial charge < -0.3 is 15.0 Å². The molecule has 1 fully saturated rings. The number of nitro benzene ring substituents is 1. The molecule has 0 unspecified atom stereocenters. The maximum atomic E-state index is 12.3. The number of para-hydroxylation sites is 1. The van der Waals surface area contributed by atoms with Crippen LogP contribution in [0.5, 0.6) is 0 Å². The largest absolute Gasteiger partial charge is 0.455 e. The molecule has 0 radical (unpaired) electrons. The molecule has 1 heterocycles. The topological polar surface area (TPSA) is 119 Å². The SMILES string of the molecule is Cc1ccccc1NC(=O)COC(=O)[C@H]1CC(=O)N(c2cccc([N+](=O)[O-])c2)C1. The number of esters is 1. The minimum Gasteiger partial charge on any atom is -0.455 e. The molecule has 0 saturated carbocycles. The third-order valence-corrected chi connectivity index (χ3v) is 4.58. The van der Waals surface area contributed by atoms with Crippen LogP contribution in [0.4, 0.5) is 17.1 Å². The lowest BCUT2D eigenvalue weighted by Gasteiger charge is -2.16. The van der Waals surface area contributed by atoms with Crippen molar-refractivity contribution in [3.8, 4) is 0 Å². The van der Waals surface area contributed by atoms with Crippen LogP contribution in [0.1, 0.15) is 12.0 Å². The van der Waals surface area contributed by atoms with Crippen molar-refractivity contribution in [2.24, 2.45) is 5.92 Å². The molecule has 0 aliphatic carbocycles. The van der Waals surface area contributed by atoms with E-state index in [1.54, 1.807) is 18.2 Å². The summed E-state index contributed by atoms with van der Waals surface area (Å²) in [5.41, 5.74) is 1.70. The summed E-state index contributed by atoms with van der Waals surface area (Å²) in [4.78, 5) is 48.2. The first-order chi connectivity index (χ1) is 13.8. The van der Waals surface area contributed by atoms with Crippen LogP contribution in [0.25, 0.3) is 0 Å². The van der Waals surface area contributed by atoms with Crippen molar-refractivity contribution >= 4 is 34.8 Å². The van der Waals surface area contributed by atoms with Crippen molar-refractivity contribution in [3.05, 3.63) is 64.2 Å². The highest BCUT2D eigenvalue weighted by Gasteiger charge is 2.36. The van der Waals surface area contributed by atoms with E-state index < -0.39 is 29.3 Å². The van der Waals surface area contributed by atoms with E-state index in [9.17, 15) is 24.5 Å². The van der Waals surface area contributed by atoms with Gasteiger partial charge in [-0.3, -0.25) is 24.5 Å². The fraction of sp³-hybridized carbons (Fsp3) is 0.250. The van der Waals surface area contributed by atoms with Crippen molar-refractivity contribution in [2.45, 2.75) is 13.3 Å². The summed E-state index contributed by atoms with van der Waals surface area (Å²) in [7, 11) is 0. The Labute approximate surface area is 166 Å². The number of nitro groups is 1. The molecule has 0 bridgehead atoms. The summed E-state index contributed by atoms with van der Waals surface area (Å²) >= 11 is 0. The molecule has 2 amide bonds. The van der Waals surface area contributed by atoms with E-state index in [2.05, 4.69) is 5.32 Å². The summed E-state index contributed by atoms with van der Waals surface area (Å²) in [6, 6.07) is 12.8. The zero-order valence-corrected chi connectivity index (χ0v) is 15.7. The molecule has 1 saturated heterocycles. The molecule has 29 heavy (non-hydrogen) atoms. The second-order valence-corrected chi connectivity index (χ2v) is 6.65. The van der Waals surface area contributed by atoms with E-state index in [1.165, 1.54) is 23.1 Å². The molecule has 2 aromatic carbocycles. The van der Waals surface area contributed by atoms with Gasteiger partial charge in [0.2, 0.25) is 5.91 Å². The van der Waals surface area contributed by atoms with Crippen LogP contribution in [-0.4, -0.2) is 35.9 Å². The van der Waals surface area contributed by atoms with Crippen LogP contribution in [0.2, 0.25) is 0 Å². The first-order valence-corrected chi connectivity index (χ1v) is 8.92. The summed E-state index contributed by atoms with van der Waals surface area (Å²) in [6.07, 6.45) is -0.0824. The predicted octanol–water partition coefficient (Wildman–Crippen LogP) is 2.44. The molecule has 1 N–H and O–H groups in total. The Morgan fingerprint density at radius 3 is 2.72 bits per heavy atom. The number of ether oxygens (including phenoxy) is 1. The molecular weight excluding hydrogens is 378 g/mol. The Morgan fingerprint density at radius 2 is 2.00 bits per heavy atom. The normalized spacial score (nSPS) is 15.8. The molecule has 1 aliphatic rings. The van der Waals surface area contributed by atoms with Crippen molar-refractivity contribution in [2.75, 3.05) is 23.4 Å².